The van der Waals surface area contributed by atoms with E-state index in [-0.39, 0.29) is 6.10 Å². The molecule has 2 unspecified atom stereocenters. The zero-order valence-corrected chi connectivity index (χ0v) is 17.2. The van der Waals surface area contributed by atoms with Gasteiger partial charge in [-0.05, 0) is 53.1 Å². The maximum Gasteiger partial charge on any atom is 0.0811 e. The second-order valence-electron chi connectivity index (χ2n) is 8.45. The minimum Gasteiger partial charge on any atom is -0.375 e. The number of hydrogen-bond donors (Lipinski definition) is 0. The molecule has 0 saturated carbocycles. The topological polar surface area (TPSA) is 12.5 Å². The molecule has 2 heteroatoms. The van der Waals surface area contributed by atoms with Gasteiger partial charge in [0.05, 0.1) is 12.7 Å². The van der Waals surface area contributed by atoms with Gasteiger partial charge in [-0.3, -0.25) is 4.90 Å². The van der Waals surface area contributed by atoms with Crippen LogP contribution in [0.3, 0.4) is 0 Å². The summed E-state index contributed by atoms with van der Waals surface area (Å²) in [6, 6.07) is 26.6. The van der Waals surface area contributed by atoms with E-state index >= 15 is 0 Å². The van der Waals surface area contributed by atoms with Gasteiger partial charge in [0.25, 0.3) is 0 Å². The summed E-state index contributed by atoms with van der Waals surface area (Å²) < 4.78 is 6.45. The Bertz CT molecular complexity index is 981. The van der Waals surface area contributed by atoms with Crippen LogP contribution in [0.1, 0.15) is 39.3 Å². The van der Waals surface area contributed by atoms with Crippen molar-refractivity contribution in [2.24, 2.45) is 0 Å². The van der Waals surface area contributed by atoms with E-state index in [1.807, 2.05) is 0 Å². The zero-order valence-electron chi connectivity index (χ0n) is 17.2. The molecule has 0 radical (unpaired) electrons. The molecule has 1 aliphatic heterocycles. The van der Waals surface area contributed by atoms with Crippen LogP contribution in [0.15, 0.2) is 72.8 Å². The van der Waals surface area contributed by atoms with Gasteiger partial charge in [0.15, 0.2) is 0 Å². The Labute approximate surface area is 174 Å². The van der Waals surface area contributed by atoms with Crippen LogP contribution in [0, 0.1) is 6.92 Å². The number of hydrogen-bond acceptors (Lipinski definition) is 2. The predicted molar refractivity (Wildman–Crippen MR) is 118 cm³/mol. The average molecular weight is 384 g/mol. The number of fused-ring (bicyclic) bond motifs is 2. The van der Waals surface area contributed by atoms with E-state index in [9.17, 15) is 0 Å². The summed E-state index contributed by atoms with van der Waals surface area (Å²) in [7, 11) is 0. The lowest BCUT2D eigenvalue weighted by Crippen LogP contribution is -2.45. The van der Waals surface area contributed by atoms with Crippen molar-refractivity contribution >= 4 is 0 Å². The molecule has 1 fully saturated rings. The standard InChI is InChI=1S/C27H29NO/c1-20-8-7-13-25-23(20)15-14-22-11-5-6-12-24(22)27(25)26-19-28(16-17-29-26)18-21-9-3-2-4-10-21/h2-13,26-27H,14-19H2,1H3. The van der Waals surface area contributed by atoms with Crippen molar-refractivity contribution in [3.63, 3.8) is 0 Å². The zero-order chi connectivity index (χ0) is 19.6. The third kappa shape index (κ3) is 3.75. The Morgan fingerprint density at radius 2 is 1.66 bits per heavy atom. The normalized spacial score (nSPS) is 21.8. The summed E-state index contributed by atoms with van der Waals surface area (Å²) in [5, 5.41) is 0. The third-order valence-corrected chi connectivity index (χ3v) is 6.61. The summed E-state index contributed by atoms with van der Waals surface area (Å²) in [5.74, 6) is 0.308. The monoisotopic (exact) mass is 383 g/mol. The number of nitrogens with zero attached hydrogens (tertiary/aromatic N) is 1. The Morgan fingerprint density at radius 3 is 2.55 bits per heavy atom. The first-order chi connectivity index (χ1) is 14.3. The first kappa shape index (κ1) is 18.6. The lowest BCUT2D eigenvalue weighted by molar-refractivity contribution is -0.0387. The Balaban J connectivity index is 1.50. The molecular formula is C27H29NO. The van der Waals surface area contributed by atoms with Gasteiger partial charge in [0.1, 0.15) is 0 Å². The van der Waals surface area contributed by atoms with E-state index < -0.39 is 0 Å². The predicted octanol–water partition coefficient (Wildman–Crippen LogP) is 5.13. The minimum absolute atomic E-state index is 0.187. The van der Waals surface area contributed by atoms with Crippen LogP contribution in [0.5, 0.6) is 0 Å². The summed E-state index contributed by atoms with van der Waals surface area (Å²) in [6.07, 6.45) is 2.42. The second kappa shape index (κ2) is 8.14. The van der Waals surface area contributed by atoms with Crippen molar-refractivity contribution in [1.82, 2.24) is 4.90 Å². The van der Waals surface area contributed by atoms with Crippen molar-refractivity contribution in [1.29, 1.82) is 0 Å². The number of morpholine rings is 1. The van der Waals surface area contributed by atoms with Crippen molar-refractivity contribution < 1.29 is 4.74 Å². The maximum absolute atomic E-state index is 6.45. The van der Waals surface area contributed by atoms with Gasteiger partial charge in [0.2, 0.25) is 0 Å². The molecule has 0 spiro atoms. The average Bonchev–Trinajstić information content (AvgIpc) is 2.92. The van der Waals surface area contributed by atoms with Crippen LogP contribution in [0.2, 0.25) is 0 Å². The Kier molecular flexibility index (Phi) is 5.22. The Morgan fingerprint density at radius 1 is 0.862 bits per heavy atom. The minimum atomic E-state index is 0.187. The van der Waals surface area contributed by atoms with Gasteiger partial charge >= 0.3 is 0 Å². The van der Waals surface area contributed by atoms with Gasteiger partial charge in [-0.2, -0.15) is 0 Å². The lowest BCUT2D eigenvalue weighted by Gasteiger charge is -2.38. The number of aryl methyl sites for hydroxylation is 2. The summed E-state index contributed by atoms with van der Waals surface area (Å²) in [4.78, 5) is 2.56. The fourth-order valence-corrected chi connectivity index (χ4v) is 5.17. The lowest BCUT2D eigenvalue weighted by atomic mass is 9.82. The van der Waals surface area contributed by atoms with Gasteiger partial charge < -0.3 is 4.74 Å². The highest BCUT2D eigenvalue weighted by Crippen LogP contribution is 2.39. The second-order valence-corrected chi connectivity index (χ2v) is 8.45. The van der Waals surface area contributed by atoms with E-state index in [0.29, 0.717) is 5.92 Å². The maximum atomic E-state index is 6.45. The van der Waals surface area contributed by atoms with Gasteiger partial charge in [-0.25, -0.2) is 0 Å². The molecule has 1 aliphatic carbocycles. The summed E-state index contributed by atoms with van der Waals surface area (Å²) in [6.45, 7) is 6.03. The first-order valence-electron chi connectivity index (χ1n) is 10.8. The van der Waals surface area contributed by atoms with Crippen LogP contribution in [0.4, 0.5) is 0 Å². The summed E-state index contributed by atoms with van der Waals surface area (Å²) >= 11 is 0. The van der Waals surface area contributed by atoms with Crippen LogP contribution in [0.25, 0.3) is 0 Å². The molecule has 148 valence electrons. The van der Waals surface area contributed by atoms with Gasteiger partial charge in [-0.15, -0.1) is 0 Å². The highest BCUT2D eigenvalue weighted by Gasteiger charge is 2.34. The van der Waals surface area contributed by atoms with E-state index in [1.165, 1.54) is 33.4 Å². The molecule has 29 heavy (non-hydrogen) atoms. The molecule has 5 rings (SSSR count). The molecule has 2 nitrogen and oxygen atoms in total. The molecular weight excluding hydrogens is 354 g/mol. The van der Waals surface area contributed by atoms with Crippen LogP contribution < -0.4 is 0 Å². The molecule has 3 aromatic carbocycles. The van der Waals surface area contributed by atoms with Crippen LogP contribution in [-0.4, -0.2) is 30.7 Å². The quantitative estimate of drug-likeness (QED) is 0.622. The molecule has 0 bridgehead atoms. The number of ether oxygens (including phenoxy) is 1. The molecule has 2 aliphatic rings. The third-order valence-electron chi connectivity index (χ3n) is 6.61. The van der Waals surface area contributed by atoms with Crippen molar-refractivity contribution in [3.8, 4) is 0 Å². The van der Waals surface area contributed by atoms with E-state index in [0.717, 1.165) is 39.1 Å². The van der Waals surface area contributed by atoms with Crippen molar-refractivity contribution in [2.75, 3.05) is 19.7 Å². The largest absolute Gasteiger partial charge is 0.375 e. The fourth-order valence-electron chi connectivity index (χ4n) is 5.17. The van der Waals surface area contributed by atoms with Crippen molar-refractivity contribution in [2.45, 2.75) is 38.3 Å². The SMILES string of the molecule is Cc1cccc2c1CCc1ccccc1C2C1CN(Cc2ccccc2)CCO1. The smallest absolute Gasteiger partial charge is 0.0811 e. The molecule has 0 aromatic heterocycles. The van der Waals surface area contributed by atoms with Gasteiger partial charge in [0, 0.05) is 25.6 Å². The summed E-state index contributed by atoms with van der Waals surface area (Å²) in [5.41, 5.74) is 8.74. The fraction of sp³-hybridized carbons (Fsp3) is 0.333. The first-order valence-corrected chi connectivity index (χ1v) is 10.8. The molecule has 1 heterocycles. The Hall–Kier alpha value is -2.42. The van der Waals surface area contributed by atoms with E-state index in [4.69, 9.17) is 4.74 Å². The molecule has 3 aromatic rings. The number of benzene rings is 3. The highest BCUT2D eigenvalue weighted by molar-refractivity contribution is 5.48. The molecule has 0 amide bonds. The number of rotatable bonds is 3. The van der Waals surface area contributed by atoms with Crippen molar-refractivity contribution in [3.05, 3.63) is 106 Å². The van der Waals surface area contributed by atoms with E-state index in [1.54, 1.807) is 0 Å². The molecule has 2 atom stereocenters. The van der Waals surface area contributed by atoms with E-state index in [2.05, 4.69) is 84.6 Å². The molecule has 0 N–H and O–H groups in total. The molecule has 1 saturated heterocycles. The van der Waals surface area contributed by atoms with Gasteiger partial charge in [-0.1, -0.05) is 72.8 Å². The van der Waals surface area contributed by atoms with Crippen LogP contribution >= 0.6 is 0 Å². The van der Waals surface area contributed by atoms with Crippen LogP contribution in [-0.2, 0) is 24.1 Å². The highest BCUT2D eigenvalue weighted by atomic mass is 16.5.